The number of aliphatic hydroxyl groups is 1. The molecule has 1 aliphatic rings. The summed E-state index contributed by atoms with van der Waals surface area (Å²) in [6.45, 7) is 13.6. The smallest absolute Gasteiger partial charge is 0.235 e. The molecular formula is C35H41BrN2O6. The van der Waals surface area contributed by atoms with Crippen LogP contribution in [0, 0.1) is 39.5 Å². The Labute approximate surface area is 267 Å². The molecule has 4 rings (SSSR count). The molecule has 0 aliphatic heterocycles. The van der Waals surface area contributed by atoms with E-state index in [2.05, 4.69) is 26.6 Å². The second-order valence-corrected chi connectivity index (χ2v) is 12.5. The molecule has 0 heterocycles. The lowest BCUT2D eigenvalue weighted by Crippen LogP contribution is -2.56. The zero-order valence-electron chi connectivity index (χ0n) is 26.3. The number of hydrogen-bond acceptors (Lipinski definition) is 6. The third kappa shape index (κ3) is 6.69. The first-order chi connectivity index (χ1) is 20.8. The summed E-state index contributed by atoms with van der Waals surface area (Å²) in [5.41, 5.74) is 3.65. The summed E-state index contributed by atoms with van der Waals surface area (Å²) in [6.07, 6.45) is -0.365. The Morgan fingerprint density at radius 1 is 0.909 bits per heavy atom. The summed E-state index contributed by atoms with van der Waals surface area (Å²) < 4.78 is 12.3. The molecule has 1 saturated carbocycles. The normalized spacial score (nSPS) is 21.5. The lowest BCUT2D eigenvalue weighted by Gasteiger charge is -2.44. The molecule has 1 aliphatic carbocycles. The third-order valence-electron chi connectivity index (χ3n) is 8.56. The van der Waals surface area contributed by atoms with Crippen molar-refractivity contribution in [2.24, 2.45) is 11.8 Å². The van der Waals surface area contributed by atoms with Crippen molar-refractivity contribution in [1.29, 1.82) is 0 Å². The summed E-state index contributed by atoms with van der Waals surface area (Å²) in [6, 6.07) is 14.6. The van der Waals surface area contributed by atoms with Gasteiger partial charge >= 0.3 is 0 Å². The van der Waals surface area contributed by atoms with Gasteiger partial charge in [-0.05, 0) is 116 Å². The predicted molar refractivity (Wildman–Crippen MR) is 176 cm³/mol. The van der Waals surface area contributed by atoms with Gasteiger partial charge in [0.2, 0.25) is 11.8 Å². The highest BCUT2D eigenvalue weighted by Gasteiger charge is 2.56. The minimum atomic E-state index is -1.75. The van der Waals surface area contributed by atoms with Crippen LogP contribution in [-0.2, 0) is 14.4 Å². The molecule has 3 aromatic carbocycles. The number of aryl methyl sites for hydroxylation is 2. The van der Waals surface area contributed by atoms with Crippen molar-refractivity contribution < 1.29 is 29.0 Å². The molecule has 0 bridgehead atoms. The summed E-state index contributed by atoms with van der Waals surface area (Å²) in [7, 11) is 0. The fraction of sp³-hybridized carbons (Fsp3) is 0.400. The lowest BCUT2D eigenvalue weighted by molar-refractivity contribution is -0.150. The van der Waals surface area contributed by atoms with E-state index in [1.54, 1.807) is 24.3 Å². The standard InChI is InChI=1S/C35H41BrN2O6/c1-8-43-28-17-23(16-24(36)32(28)44-9-2)29-30(33(40)37-25-14-10-12-19(3)21(25)5)27(39)18-35(7,42)31(29)34(41)38-26-15-11-13-20(4)22(26)6/h10-17,29-31,42H,8-9,18H2,1-7H3,(H,37,40)(H,38,41). The maximum atomic E-state index is 14.2. The molecule has 4 atom stereocenters. The van der Waals surface area contributed by atoms with Gasteiger partial charge in [-0.2, -0.15) is 0 Å². The van der Waals surface area contributed by atoms with Crippen LogP contribution in [0.4, 0.5) is 11.4 Å². The fourth-order valence-corrected chi connectivity index (χ4v) is 6.59. The van der Waals surface area contributed by atoms with Crippen LogP contribution in [0.2, 0.25) is 0 Å². The van der Waals surface area contributed by atoms with E-state index >= 15 is 0 Å². The van der Waals surface area contributed by atoms with E-state index in [1.807, 2.05) is 65.8 Å². The van der Waals surface area contributed by atoms with Crippen LogP contribution in [0.25, 0.3) is 0 Å². The van der Waals surface area contributed by atoms with Crippen molar-refractivity contribution in [2.75, 3.05) is 23.8 Å². The highest BCUT2D eigenvalue weighted by atomic mass is 79.9. The lowest BCUT2D eigenvalue weighted by atomic mass is 9.61. The average Bonchev–Trinajstić information content (AvgIpc) is 2.94. The molecule has 4 unspecified atom stereocenters. The van der Waals surface area contributed by atoms with E-state index in [1.165, 1.54) is 6.92 Å². The minimum absolute atomic E-state index is 0.338. The van der Waals surface area contributed by atoms with E-state index in [0.29, 0.717) is 46.1 Å². The van der Waals surface area contributed by atoms with Gasteiger partial charge in [-0.1, -0.05) is 24.3 Å². The van der Waals surface area contributed by atoms with Gasteiger partial charge in [0.15, 0.2) is 11.5 Å². The number of hydrogen-bond donors (Lipinski definition) is 3. The van der Waals surface area contributed by atoms with Gasteiger partial charge in [0, 0.05) is 23.7 Å². The van der Waals surface area contributed by atoms with Gasteiger partial charge < -0.3 is 25.2 Å². The van der Waals surface area contributed by atoms with Crippen LogP contribution in [-0.4, -0.2) is 41.5 Å². The molecule has 1 fully saturated rings. The van der Waals surface area contributed by atoms with Crippen molar-refractivity contribution >= 4 is 44.9 Å². The van der Waals surface area contributed by atoms with Crippen LogP contribution in [0.3, 0.4) is 0 Å². The van der Waals surface area contributed by atoms with Crippen LogP contribution < -0.4 is 20.1 Å². The van der Waals surface area contributed by atoms with Crippen LogP contribution in [0.15, 0.2) is 53.0 Å². The quantitative estimate of drug-likeness (QED) is 0.217. The highest BCUT2D eigenvalue weighted by molar-refractivity contribution is 9.10. The topological polar surface area (TPSA) is 114 Å². The molecule has 44 heavy (non-hydrogen) atoms. The number of ketones is 1. The molecule has 3 aromatic rings. The minimum Gasteiger partial charge on any atom is -0.490 e. The van der Waals surface area contributed by atoms with Crippen molar-refractivity contribution in [3.63, 3.8) is 0 Å². The number of nitrogens with one attached hydrogen (secondary N) is 2. The Hall–Kier alpha value is -3.69. The second-order valence-electron chi connectivity index (χ2n) is 11.7. The summed E-state index contributed by atoms with van der Waals surface area (Å²) >= 11 is 3.58. The largest absolute Gasteiger partial charge is 0.490 e. The maximum Gasteiger partial charge on any atom is 0.235 e. The molecule has 9 heteroatoms. The third-order valence-corrected chi connectivity index (χ3v) is 9.15. The number of carbonyl (C=O) groups is 3. The van der Waals surface area contributed by atoms with Gasteiger partial charge in [0.05, 0.1) is 29.2 Å². The molecule has 3 N–H and O–H groups in total. The number of Topliss-reactive ketones (excluding diaryl/α,β-unsaturated/α-hetero) is 1. The molecule has 0 spiro atoms. The number of ether oxygens (including phenoxy) is 2. The molecule has 0 aromatic heterocycles. The number of anilines is 2. The second kappa shape index (κ2) is 13.5. The van der Waals surface area contributed by atoms with Gasteiger partial charge in [-0.25, -0.2) is 0 Å². The Morgan fingerprint density at radius 2 is 1.45 bits per heavy atom. The maximum absolute atomic E-state index is 14.2. The monoisotopic (exact) mass is 664 g/mol. The average molecular weight is 666 g/mol. The van der Waals surface area contributed by atoms with E-state index < -0.39 is 41.0 Å². The number of amides is 2. The van der Waals surface area contributed by atoms with Crippen LogP contribution in [0.1, 0.15) is 60.9 Å². The molecule has 8 nitrogen and oxygen atoms in total. The fourth-order valence-electron chi connectivity index (χ4n) is 6.01. The van der Waals surface area contributed by atoms with Gasteiger partial charge in [0.1, 0.15) is 11.7 Å². The van der Waals surface area contributed by atoms with Crippen LogP contribution >= 0.6 is 15.9 Å². The van der Waals surface area contributed by atoms with Gasteiger partial charge in [-0.15, -0.1) is 0 Å². The number of benzene rings is 3. The van der Waals surface area contributed by atoms with E-state index in [4.69, 9.17) is 9.47 Å². The van der Waals surface area contributed by atoms with E-state index in [-0.39, 0.29) is 6.42 Å². The number of carbonyl (C=O) groups excluding carboxylic acids is 3. The van der Waals surface area contributed by atoms with Gasteiger partial charge in [-0.3, -0.25) is 14.4 Å². The van der Waals surface area contributed by atoms with E-state index in [9.17, 15) is 19.5 Å². The first-order valence-electron chi connectivity index (χ1n) is 14.9. The summed E-state index contributed by atoms with van der Waals surface area (Å²) in [4.78, 5) is 42.2. The zero-order valence-corrected chi connectivity index (χ0v) is 27.9. The van der Waals surface area contributed by atoms with Crippen molar-refractivity contribution in [3.8, 4) is 11.5 Å². The first kappa shape index (κ1) is 33.2. The molecule has 0 radical (unpaired) electrons. The molecule has 234 valence electrons. The summed E-state index contributed by atoms with van der Waals surface area (Å²) in [5, 5.41) is 17.7. The molecule has 0 saturated heterocycles. The molecule has 2 amide bonds. The molecular weight excluding hydrogens is 624 g/mol. The zero-order chi connectivity index (χ0) is 32.3. The SMILES string of the molecule is CCOc1cc(C2C(C(=O)Nc3cccc(C)c3C)C(=O)CC(C)(O)C2C(=O)Nc2cccc(C)c2C)cc(Br)c1OCC. The van der Waals surface area contributed by atoms with Crippen molar-refractivity contribution in [3.05, 3.63) is 80.8 Å². The van der Waals surface area contributed by atoms with Crippen molar-refractivity contribution in [2.45, 2.75) is 66.4 Å². The Bertz CT molecular complexity index is 1580. The Morgan fingerprint density at radius 3 is 2.00 bits per heavy atom. The summed E-state index contributed by atoms with van der Waals surface area (Å²) in [5.74, 6) is -4.10. The van der Waals surface area contributed by atoms with Gasteiger partial charge in [0.25, 0.3) is 0 Å². The van der Waals surface area contributed by atoms with Crippen molar-refractivity contribution in [1.82, 2.24) is 0 Å². The van der Waals surface area contributed by atoms with Crippen LogP contribution in [0.5, 0.6) is 11.5 Å². The van der Waals surface area contributed by atoms with E-state index in [0.717, 1.165) is 22.3 Å². The predicted octanol–water partition coefficient (Wildman–Crippen LogP) is 6.80. The first-order valence-corrected chi connectivity index (χ1v) is 15.7. The number of halogens is 1. The Kier molecular flexibility index (Phi) is 10.2. The Balaban J connectivity index is 1.90. The number of rotatable bonds is 9. The highest BCUT2D eigenvalue weighted by Crippen LogP contribution is 2.49.